The van der Waals surface area contributed by atoms with E-state index in [0.29, 0.717) is 11.4 Å². The van der Waals surface area contributed by atoms with Gasteiger partial charge in [-0.2, -0.15) is 5.10 Å². The zero-order valence-corrected chi connectivity index (χ0v) is 13.0. The Morgan fingerprint density at radius 1 is 1.48 bits per heavy atom. The molecule has 10 heteroatoms. The first kappa shape index (κ1) is 17.7. The normalized spacial score (nSPS) is 10.6. The molecule has 0 fully saturated rings. The van der Waals surface area contributed by atoms with Gasteiger partial charge >= 0.3 is 11.7 Å². The first-order chi connectivity index (χ1) is 11.9. The summed E-state index contributed by atoms with van der Waals surface area (Å²) in [5.41, 5.74) is 2.42. The quantitative estimate of drug-likeness (QED) is 0.393. The number of phenolic OH excluding ortho intramolecular Hbond substituents is 1. The van der Waals surface area contributed by atoms with Gasteiger partial charge in [-0.25, -0.2) is 9.78 Å². The second-order valence-electron chi connectivity index (χ2n) is 4.68. The van der Waals surface area contributed by atoms with E-state index < -0.39 is 22.3 Å². The number of carboxylic acid groups (broad SMARTS) is 1. The summed E-state index contributed by atoms with van der Waals surface area (Å²) in [5.74, 6) is -1.38. The smallest absolute Gasteiger partial charge is 0.337 e. The Bertz CT molecular complexity index is 820. The molecule has 130 valence electrons. The van der Waals surface area contributed by atoms with E-state index in [1.807, 2.05) is 0 Å². The van der Waals surface area contributed by atoms with Crippen molar-refractivity contribution in [1.29, 1.82) is 0 Å². The summed E-state index contributed by atoms with van der Waals surface area (Å²) in [6.45, 7) is 1.91. The zero-order valence-electron chi connectivity index (χ0n) is 13.0. The SMILES string of the molecule is CCOc1cc(/C=N/Nc2ccc(C(=O)O)cn2)cc([N+](=O)[O-])c1O. The number of nitro groups is 1. The number of anilines is 1. The summed E-state index contributed by atoms with van der Waals surface area (Å²) in [7, 11) is 0. The number of ether oxygens (including phenoxy) is 1. The molecule has 10 nitrogen and oxygen atoms in total. The van der Waals surface area contributed by atoms with Gasteiger partial charge in [0.2, 0.25) is 5.75 Å². The number of aromatic hydroxyl groups is 1. The highest BCUT2D eigenvalue weighted by Crippen LogP contribution is 2.36. The number of carboxylic acids is 1. The van der Waals surface area contributed by atoms with Crippen LogP contribution in [0.2, 0.25) is 0 Å². The Hall–Kier alpha value is -3.69. The van der Waals surface area contributed by atoms with Crippen molar-refractivity contribution < 1.29 is 24.7 Å². The molecule has 0 aliphatic carbocycles. The number of nitrogens with one attached hydrogen (secondary N) is 1. The van der Waals surface area contributed by atoms with E-state index in [1.165, 1.54) is 30.6 Å². The van der Waals surface area contributed by atoms with Crippen LogP contribution in [-0.4, -0.2) is 38.9 Å². The van der Waals surface area contributed by atoms with Gasteiger partial charge in [0.15, 0.2) is 5.75 Å². The van der Waals surface area contributed by atoms with Crippen LogP contribution in [0.1, 0.15) is 22.8 Å². The van der Waals surface area contributed by atoms with Gasteiger partial charge in [0.1, 0.15) is 5.82 Å². The van der Waals surface area contributed by atoms with Gasteiger partial charge in [-0.3, -0.25) is 15.5 Å². The number of aromatic nitrogens is 1. The fourth-order valence-corrected chi connectivity index (χ4v) is 1.85. The van der Waals surface area contributed by atoms with Crippen LogP contribution in [-0.2, 0) is 0 Å². The molecule has 0 aliphatic heterocycles. The van der Waals surface area contributed by atoms with Crippen LogP contribution in [0, 0.1) is 10.1 Å². The van der Waals surface area contributed by atoms with Crippen LogP contribution in [0.25, 0.3) is 0 Å². The van der Waals surface area contributed by atoms with Crippen molar-refractivity contribution in [3.8, 4) is 11.5 Å². The number of nitrogens with zero attached hydrogens (tertiary/aromatic N) is 3. The average molecular weight is 346 g/mol. The number of aromatic carboxylic acids is 1. The number of pyridine rings is 1. The molecule has 25 heavy (non-hydrogen) atoms. The van der Waals surface area contributed by atoms with Crippen LogP contribution in [0.4, 0.5) is 11.5 Å². The molecule has 0 atom stereocenters. The Labute approximate surface area is 141 Å². The largest absolute Gasteiger partial charge is 0.500 e. The molecule has 0 spiro atoms. The van der Waals surface area contributed by atoms with E-state index in [-0.39, 0.29) is 17.9 Å². The van der Waals surface area contributed by atoms with Crippen LogP contribution in [0.15, 0.2) is 35.6 Å². The third-order valence-corrected chi connectivity index (χ3v) is 2.98. The van der Waals surface area contributed by atoms with Gasteiger partial charge in [0, 0.05) is 17.8 Å². The van der Waals surface area contributed by atoms with Crippen LogP contribution >= 0.6 is 0 Å². The zero-order chi connectivity index (χ0) is 18.4. The van der Waals surface area contributed by atoms with Gasteiger partial charge in [-0.1, -0.05) is 0 Å². The van der Waals surface area contributed by atoms with Gasteiger partial charge in [0.25, 0.3) is 0 Å². The molecule has 0 unspecified atom stereocenters. The molecule has 0 aliphatic rings. The van der Waals surface area contributed by atoms with E-state index in [9.17, 15) is 20.0 Å². The molecule has 2 aromatic rings. The summed E-state index contributed by atoms with van der Waals surface area (Å²) in [6.07, 6.45) is 2.44. The Kier molecular flexibility index (Phi) is 5.46. The fraction of sp³-hybridized carbons (Fsp3) is 0.133. The first-order valence-corrected chi connectivity index (χ1v) is 7.05. The van der Waals surface area contributed by atoms with Crippen molar-refractivity contribution in [1.82, 2.24) is 4.98 Å². The van der Waals surface area contributed by atoms with Gasteiger partial charge in [-0.15, -0.1) is 0 Å². The lowest BCUT2D eigenvalue weighted by atomic mass is 10.2. The molecule has 0 amide bonds. The highest BCUT2D eigenvalue weighted by atomic mass is 16.6. The van der Waals surface area contributed by atoms with Gasteiger partial charge < -0.3 is 14.9 Å². The third-order valence-electron chi connectivity index (χ3n) is 2.98. The summed E-state index contributed by atoms with van der Waals surface area (Å²) in [5, 5.41) is 33.4. The first-order valence-electron chi connectivity index (χ1n) is 7.05. The summed E-state index contributed by atoms with van der Waals surface area (Å²) in [6, 6.07) is 5.32. The lowest BCUT2D eigenvalue weighted by Gasteiger charge is -2.07. The Morgan fingerprint density at radius 3 is 2.80 bits per heavy atom. The molecule has 1 aromatic heterocycles. The number of hydrogen-bond acceptors (Lipinski definition) is 8. The number of rotatable bonds is 7. The van der Waals surface area contributed by atoms with Crippen molar-refractivity contribution in [3.63, 3.8) is 0 Å². The third kappa shape index (κ3) is 4.41. The second kappa shape index (κ2) is 7.73. The molecular weight excluding hydrogens is 332 g/mol. The number of phenols is 1. The molecule has 0 saturated carbocycles. The lowest BCUT2D eigenvalue weighted by Crippen LogP contribution is -2.00. The van der Waals surface area contributed by atoms with E-state index in [1.54, 1.807) is 6.92 Å². The van der Waals surface area contributed by atoms with E-state index in [2.05, 4.69) is 15.5 Å². The predicted molar refractivity (Wildman–Crippen MR) is 88.3 cm³/mol. The molecule has 1 aromatic carbocycles. The van der Waals surface area contributed by atoms with E-state index in [0.717, 1.165) is 6.07 Å². The van der Waals surface area contributed by atoms with Crippen molar-refractivity contribution in [3.05, 3.63) is 51.7 Å². The van der Waals surface area contributed by atoms with Crippen molar-refractivity contribution in [2.75, 3.05) is 12.0 Å². The van der Waals surface area contributed by atoms with Crippen molar-refractivity contribution in [2.24, 2.45) is 5.10 Å². The average Bonchev–Trinajstić information content (AvgIpc) is 2.58. The Balaban J connectivity index is 2.19. The second-order valence-corrected chi connectivity index (χ2v) is 4.68. The molecule has 1 heterocycles. The van der Waals surface area contributed by atoms with Crippen LogP contribution in [0.3, 0.4) is 0 Å². The maximum Gasteiger partial charge on any atom is 0.337 e. The summed E-state index contributed by atoms with van der Waals surface area (Å²) >= 11 is 0. The monoisotopic (exact) mass is 346 g/mol. The summed E-state index contributed by atoms with van der Waals surface area (Å²) < 4.78 is 5.16. The predicted octanol–water partition coefficient (Wildman–Crippen LogP) is 2.24. The summed E-state index contributed by atoms with van der Waals surface area (Å²) in [4.78, 5) is 24.9. The van der Waals surface area contributed by atoms with Gasteiger partial charge in [-0.05, 0) is 25.1 Å². The van der Waals surface area contributed by atoms with Crippen LogP contribution in [0.5, 0.6) is 11.5 Å². The highest BCUT2D eigenvalue weighted by molar-refractivity contribution is 5.87. The number of nitro benzene ring substituents is 1. The maximum atomic E-state index is 11.0. The fourth-order valence-electron chi connectivity index (χ4n) is 1.85. The molecule has 3 N–H and O–H groups in total. The number of carbonyl (C=O) groups is 1. The number of hydrogen-bond donors (Lipinski definition) is 3. The highest BCUT2D eigenvalue weighted by Gasteiger charge is 2.19. The van der Waals surface area contributed by atoms with Crippen molar-refractivity contribution in [2.45, 2.75) is 6.92 Å². The molecule has 0 saturated heterocycles. The maximum absolute atomic E-state index is 11.0. The topological polar surface area (TPSA) is 147 Å². The number of hydrazone groups is 1. The minimum Gasteiger partial charge on any atom is -0.500 e. The van der Waals surface area contributed by atoms with Gasteiger partial charge in [0.05, 0.1) is 23.3 Å². The lowest BCUT2D eigenvalue weighted by molar-refractivity contribution is -0.386. The number of benzene rings is 1. The Morgan fingerprint density at radius 2 is 2.24 bits per heavy atom. The minimum atomic E-state index is -1.09. The minimum absolute atomic E-state index is 0.0258. The molecule has 0 radical (unpaired) electrons. The standard InChI is InChI=1S/C15H14N4O6/c1-2-25-12-6-9(5-11(14(12)20)19(23)24)7-17-18-13-4-3-10(8-16-13)15(21)22/h3-8,20H,2H2,1H3,(H,16,18)(H,21,22)/b17-7+. The molecular formula is C15H14N4O6. The molecule has 2 rings (SSSR count). The van der Waals surface area contributed by atoms with Crippen molar-refractivity contribution >= 4 is 23.7 Å². The molecule has 0 bridgehead atoms. The van der Waals surface area contributed by atoms with E-state index in [4.69, 9.17) is 9.84 Å². The van der Waals surface area contributed by atoms with E-state index >= 15 is 0 Å². The van der Waals surface area contributed by atoms with Crippen LogP contribution < -0.4 is 10.2 Å².